The summed E-state index contributed by atoms with van der Waals surface area (Å²) >= 11 is 1.35. The van der Waals surface area contributed by atoms with Crippen LogP contribution in [-0.2, 0) is 9.59 Å². The summed E-state index contributed by atoms with van der Waals surface area (Å²) < 4.78 is 2.00. The molecule has 0 aliphatic carbocycles. The summed E-state index contributed by atoms with van der Waals surface area (Å²) in [5, 5.41) is 11.5. The van der Waals surface area contributed by atoms with Crippen molar-refractivity contribution in [2.45, 2.75) is 25.7 Å². The second-order valence-electron chi connectivity index (χ2n) is 7.58. The predicted molar refractivity (Wildman–Crippen MR) is 119 cm³/mol. The van der Waals surface area contributed by atoms with Crippen molar-refractivity contribution in [3.05, 3.63) is 60.0 Å². The molecule has 156 valence electrons. The predicted octanol–water partition coefficient (Wildman–Crippen LogP) is 3.12. The van der Waals surface area contributed by atoms with Gasteiger partial charge in [0.1, 0.15) is 5.82 Å². The zero-order valence-corrected chi connectivity index (χ0v) is 17.8. The van der Waals surface area contributed by atoms with E-state index in [4.69, 9.17) is 0 Å². The van der Waals surface area contributed by atoms with E-state index in [1.165, 1.54) is 11.8 Å². The van der Waals surface area contributed by atoms with Crippen LogP contribution in [0.25, 0.3) is 5.65 Å². The highest BCUT2D eigenvalue weighted by Crippen LogP contribution is 2.26. The quantitative estimate of drug-likeness (QED) is 0.659. The van der Waals surface area contributed by atoms with Gasteiger partial charge in [-0.2, -0.15) is 0 Å². The van der Waals surface area contributed by atoms with Gasteiger partial charge in [-0.15, -0.1) is 22.0 Å². The summed E-state index contributed by atoms with van der Waals surface area (Å²) in [5.41, 5.74) is 2.70. The lowest BCUT2D eigenvalue weighted by atomic mass is 9.97. The number of pyridine rings is 1. The van der Waals surface area contributed by atoms with Gasteiger partial charge in [-0.25, -0.2) is 0 Å². The van der Waals surface area contributed by atoms with Crippen molar-refractivity contribution in [3.63, 3.8) is 0 Å². The summed E-state index contributed by atoms with van der Waals surface area (Å²) in [4.78, 5) is 26.7. The molecule has 1 saturated heterocycles. The number of nitrogens with one attached hydrogen (secondary N) is 1. The van der Waals surface area contributed by atoms with E-state index in [1.807, 2.05) is 64.9 Å². The van der Waals surface area contributed by atoms with Crippen LogP contribution < -0.4 is 5.32 Å². The molecule has 0 bridgehead atoms. The molecule has 0 saturated carbocycles. The standard InChI is InChI=1S/C22H25N5O2S/c1-16-6-4-8-18(12-16)23-20(28)14-30-15-21(29)26-10-5-7-17(13-26)22-25-24-19-9-2-3-11-27(19)22/h2-4,6,8-9,11-12,17H,5,7,10,13-15H2,1H3,(H,23,28). The van der Waals surface area contributed by atoms with Crippen molar-refractivity contribution >= 4 is 34.9 Å². The van der Waals surface area contributed by atoms with Crippen LogP contribution in [0.1, 0.15) is 30.1 Å². The fraction of sp³-hybridized carbons (Fsp3) is 0.364. The lowest BCUT2D eigenvalue weighted by molar-refractivity contribution is -0.129. The van der Waals surface area contributed by atoms with Crippen molar-refractivity contribution in [1.29, 1.82) is 0 Å². The summed E-state index contributed by atoms with van der Waals surface area (Å²) in [6.07, 6.45) is 3.90. The summed E-state index contributed by atoms with van der Waals surface area (Å²) in [7, 11) is 0. The number of carbonyl (C=O) groups is 2. The fourth-order valence-electron chi connectivity index (χ4n) is 3.79. The van der Waals surface area contributed by atoms with Crippen LogP contribution in [-0.4, -0.2) is 55.9 Å². The first-order chi connectivity index (χ1) is 14.6. The average Bonchev–Trinajstić information content (AvgIpc) is 3.18. The molecule has 1 unspecified atom stereocenters. The van der Waals surface area contributed by atoms with Gasteiger partial charge in [-0.05, 0) is 49.6 Å². The minimum Gasteiger partial charge on any atom is -0.341 e. The van der Waals surface area contributed by atoms with Crippen LogP contribution in [0.15, 0.2) is 48.7 Å². The highest BCUT2D eigenvalue weighted by molar-refractivity contribution is 8.00. The number of aromatic nitrogens is 3. The molecule has 0 spiro atoms. The van der Waals surface area contributed by atoms with E-state index < -0.39 is 0 Å². The van der Waals surface area contributed by atoms with Gasteiger partial charge in [-0.3, -0.25) is 14.0 Å². The van der Waals surface area contributed by atoms with E-state index in [2.05, 4.69) is 15.5 Å². The molecule has 30 heavy (non-hydrogen) atoms. The van der Waals surface area contributed by atoms with Crippen molar-refractivity contribution < 1.29 is 9.59 Å². The topological polar surface area (TPSA) is 79.6 Å². The van der Waals surface area contributed by atoms with Gasteiger partial charge in [-0.1, -0.05) is 18.2 Å². The molecule has 1 fully saturated rings. The van der Waals surface area contributed by atoms with Gasteiger partial charge < -0.3 is 10.2 Å². The minimum atomic E-state index is -0.0927. The number of aryl methyl sites for hydroxylation is 1. The Kier molecular flexibility index (Phi) is 6.32. The molecule has 1 aliphatic heterocycles. The molecule has 1 aromatic carbocycles. The number of anilines is 1. The maximum absolute atomic E-state index is 12.7. The molecule has 0 radical (unpaired) electrons. The van der Waals surface area contributed by atoms with Gasteiger partial charge in [0.15, 0.2) is 5.65 Å². The van der Waals surface area contributed by atoms with Crippen LogP contribution in [0.5, 0.6) is 0 Å². The SMILES string of the molecule is Cc1cccc(NC(=O)CSCC(=O)N2CCCC(c3nnc4ccccn34)C2)c1. The lowest BCUT2D eigenvalue weighted by Gasteiger charge is -2.32. The first-order valence-corrected chi connectivity index (χ1v) is 11.3. The zero-order chi connectivity index (χ0) is 20.9. The van der Waals surface area contributed by atoms with E-state index in [0.29, 0.717) is 12.3 Å². The number of hydrogen-bond acceptors (Lipinski definition) is 5. The Morgan fingerprint density at radius 2 is 2.07 bits per heavy atom. The van der Waals surface area contributed by atoms with E-state index >= 15 is 0 Å². The number of nitrogens with zero attached hydrogens (tertiary/aromatic N) is 4. The van der Waals surface area contributed by atoms with Crippen LogP contribution in [0.3, 0.4) is 0 Å². The Morgan fingerprint density at radius 1 is 1.17 bits per heavy atom. The smallest absolute Gasteiger partial charge is 0.234 e. The molecule has 4 rings (SSSR count). The van der Waals surface area contributed by atoms with Crippen LogP contribution in [0.2, 0.25) is 0 Å². The molecule has 1 N–H and O–H groups in total. The maximum atomic E-state index is 12.7. The molecule has 2 amide bonds. The number of carbonyl (C=O) groups excluding carboxylic acids is 2. The molecule has 2 aromatic heterocycles. The van der Waals surface area contributed by atoms with Gasteiger partial charge >= 0.3 is 0 Å². The van der Waals surface area contributed by atoms with E-state index in [1.54, 1.807) is 0 Å². The Hall–Kier alpha value is -2.87. The minimum absolute atomic E-state index is 0.0712. The van der Waals surface area contributed by atoms with Crippen molar-refractivity contribution in [2.24, 2.45) is 0 Å². The summed E-state index contributed by atoms with van der Waals surface area (Å²) in [6.45, 7) is 3.38. The second-order valence-corrected chi connectivity index (χ2v) is 8.56. The highest BCUT2D eigenvalue weighted by Gasteiger charge is 2.27. The van der Waals surface area contributed by atoms with Crippen molar-refractivity contribution in [2.75, 3.05) is 29.9 Å². The largest absolute Gasteiger partial charge is 0.341 e. The number of benzene rings is 1. The Morgan fingerprint density at radius 3 is 2.93 bits per heavy atom. The Balaban J connectivity index is 1.28. The molecular formula is C22H25N5O2S. The van der Waals surface area contributed by atoms with Crippen LogP contribution >= 0.6 is 11.8 Å². The van der Waals surface area contributed by atoms with Gasteiger partial charge in [0.25, 0.3) is 0 Å². The summed E-state index contributed by atoms with van der Waals surface area (Å²) in [5.74, 6) is 1.62. The summed E-state index contributed by atoms with van der Waals surface area (Å²) in [6, 6.07) is 13.5. The third kappa shape index (κ3) is 4.81. The van der Waals surface area contributed by atoms with Crippen LogP contribution in [0, 0.1) is 6.92 Å². The third-order valence-electron chi connectivity index (χ3n) is 5.24. The van der Waals surface area contributed by atoms with E-state index in [0.717, 1.165) is 42.1 Å². The van der Waals surface area contributed by atoms with E-state index in [-0.39, 0.29) is 23.5 Å². The number of hydrogen-bond donors (Lipinski definition) is 1. The number of fused-ring (bicyclic) bond motifs is 1. The molecule has 1 aliphatic rings. The third-order valence-corrected chi connectivity index (χ3v) is 6.16. The number of rotatable bonds is 6. The average molecular weight is 424 g/mol. The highest BCUT2D eigenvalue weighted by atomic mass is 32.2. The zero-order valence-electron chi connectivity index (χ0n) is 17.0. The molecule has 3 aromatic rings. The molecule has 7 nitrogen and oxygen atoms in total. The lowest BCUT2D eigenvalue weighted by Crippen LogP contribution is -2.40. The molecule has 8 heteroatoms. The van der Waals surface area contributed by atoms with Gasteiger partial charge in [0, 0.05) is 30.9 Å². The fourth-order valence-corrected chi connectivity index (χ4v) is 4.51. The van der Waals surface area contributed by atoms with Crippen molar-refractivity contribution in [3.8, 4) is 0 Å². The van der Waals surface area contributed by atoms with Crippen LogP contribution in [0.4, 0.5) is 5.69 Å². The number of thioether (sulfide) groups is 1. The van der Waals surface area contributed by atoms with Crippen molar-refractivity contribution in [1.82, 2.24) is 19.5 Å². The van der Waals surface area contributed by atoms with Gasteiger partial charge in [0.2, 0.25) is 11.8 Å². The number of likely N-dealkylation sites (tertiary alicyclic amines) is 1. The normalized spacial score (nSPS) is 16.6. The van der Waals surface area contributed by atoms with Gasteiger partial charge in [0.05, 0.1) is 11.5 Å². The number of amides is 2. The Bertz CT molecular complexity index is 1050. The van der Waals surface area contributed by atoms with E-state index in [9.17, 15) is 9.59 Å². The Labute approximate surface area is 179 Å². The monoisotopic (exact) mass is 423 g/mol. The molecular weight excluding hydrogens is 398 g/mol. The second kappa shape index (κ2) is 9.30. The maximum Gasteiger partial charge on any atom is 0.234 e. The first-order valence-electron chi connectivity index (χ1n) is 10.1. The first kappa shape index (κ1) is 20.4. The number of piperidine rings is 1. The molecule has 3 heterocycles. The molecule has 1 atom stereocenters.